The summed E-state index contributed by atoms with van der Waals surface area (Å²) in [6.45, 7) is 3.15. The summed E-state index contributed by atoms with van der Waals surface area (Å²) in [5, 5.41) is 0. The van der Waals surface area contributed by atoms with Crippen LogP contribution in [0.2, 0.25) is 0 Å². The highest BCUT2D eigenvalue weighted by atomic mass is 16.5. The van der Waals surface area contributed by atoms with Crippen molar-refractivity contribution in [1.82, 2.24) is 4.90 Å². The summed E-state index contributed by atoms with van der Waals surface area (Å²) in [6, 6.07) is 7.79. The largest absolute Gasteiger partial charge is 0.496 e. The van der Waals surface area contributed by atoms with E-state index < -0.39 is 0 Å². The summed E-state index contributed by atoms with van der Waals surface area (Å²) in [5.41, 5.74) is 1.03. The van der Waals surface area contributed by atoms with Crippen molar-refractivity contribution < 1.29 is 14.3 Å². The van der Waals surface area contributed by atoms with Gasteiger partial charge < -0.3 is 9.47 Å². The lowest BCUT2D eigenvalue weighted by Crippen LogP contribution is -2.40. The Bertz CT molecular complexity index is 577. The monoisotopic (exact) mass is 271 g/mol. The van der Waals surface area contributed by atoms with E-state index in [0.29, 0.717) is 18.9 Å². The van der Waals surface area contributed by atoms with E-state index in [0.717, 1.165) is 17.7 Å². The third-order valence-electron chi connectivity index (χ3n) is 3.30. The molecule has 0 saturated carbocycles. The molecule has 2 heterocycles. The normalized spacial score (nSPS) is 20.4. The van der Waals surface area contributed by atoms with E-state index in [4.69, 9.17) is 9.47 Å². The molecule has 4 heteroatoms. The van der Waals surface area contributed by atoms with Crippen LogP contribution >= 0.6 is 0 Å². The summed E-state index contributed by atoms with van der Waals surface area (Å²) in [5.74, 6) is 1.45. The van der Waals surface area contributed by atoms with Crippen molar-refractivity contribution >= 4 is 12.0 Å². The van der Waals surface area contributed by atoms with Gasteiger partial charge in [-0.2, -0.15) is 0 Å². The number of carbonyl (C=O) groups excluding carboxylic acids is 1. The Balaban J connectivity index is 1.69. The maximum atomic E-state index is 12.0. The van der Waals surface area contributed by atoms with Crippen LogP contribution in [0.25, 0.3) is 6.08 Å². The van der Waals surface area contributed by atoms with Gasteiger partial charge in [-0.25, -0.2) is 0 Å². The zero-order chi connectivity index (χ0) is 13.9. The Hall–Kier alpha value is -2.23. The Labute approximate surface area is 118 Å². The summed E-state index contributed by atoms with van der Waals surface area (Å²) >= 11 is 0. The van der Waals surface area contributed by atoms with Crippen LogP contribution in [0.3, 0.4) is 0 Å². The van der Waals surface area contributed by atoms with E-state index in [1.807, 2.05) is 43.3 Å². The third kappa shape index (κ3) is 2.41. The number of para-hydroxylation sites is 1. The molecule has 4 nitrogen and oxygen atoms in total. The van der Waals surface area contributed by atoms with Crippen LogP contribution in [-0.2, 0) is 9.53 Å². The number of amides is 1. The summed E-state index contributed by atoms with van der Waals surface area (Å²) in [7, 11) is 0. The molecule has 3 rings (SSSR count). The number of hydrogen-bond acceptors (Lipinski definition) is 3. The Kier molecular flexibility index (Phi) is 3.46. The van der Waals surface area contributed by atoms with Crippen LogP contribution in [0.5, 0.6) is 5.75 Å². The molecule has 0 spiro atoms. The van der Waals surface area contributed by atoms with Crippen LogP contribution in [0.4, 0.5) is 0 Å². The average molecular weight is 271 g/mol. The number of rotatable bonds is 4. The molecule has 1 aromatic carbocycles. The van der Waals surface area contributed by atoms with Gasteiger partial charge in [-0.15, -0.1) is 0 Å². The van der Waals surface area contributed by atoms with Crippen molar-refractivity contribution in [3.8, 4) is 5.75 Å². The number of carbonyl (C=O) groups is 1. The van der Waals surface area contributed by atoms with Gasteiger partial charge in [-0.1, -0.05) is 25.1 Å². The molecule has 1 atom stereocenters. The van der Waals surface area contributed by atoms with Gasteiger partial charge in [-0.05, 0) is 24.6 Å². The molecule has 2 aliphatic heterocycles. The van der Waals surface area contributed by atoms with Gasteiger partial charge >= 0.3 is 0 Å². The van der Waals surface area contributed by atoms with Gasteiger partial charge in [0.15, 0.2) is 6.23 Å². The van der Waals surface area contributed by atoms with E-state index in [1.165, 1.54) is 0 Å². The van der Waals surface area contributed by atoms with E-state index in [9.17, 15) is 4.79 Å². The first-order chi connectivity index (χ1) is 9.78. The van der Waals surface area contributed by atoms with Gasteiger partial charge in [-0.3, -0.25) is 9.69 Å². The number of benzene rings is 1. The van der Waals surface area contributed by atoms with E-state index in [2.05, 4.69) is 0 Å². The zero-order valence-corrected chi connectivity index (χ0v) is 11.4. The molecule has 0 aliphatic carbocycles. The Morgan fingerprint density at radius 1 is 1.40 bits per heavy atom. The molecular weight excluding hydrogens is 254 g/mol. The van der Waals surface area contributed by atoms with Crippen LogP contribution < -0.4 is 4.74 Å². The number of ether oxygens (including phenoxy) is 2. The second-order valence-electron chi connectivity index (χ2n) is 4.83. The predicted octanol–water partition coefficient (Wildman–Crippen LogP) is 2.57. The van der Waals surface area contributed by atoms with Crippen LogP contribution in [0, 0.1) is 0 Å². The van der Waals surface area contributed by atoms with E-state index >= 15 is 0 Å². The molecule has 0 N–H and O–H groups in total. The highest BCUT2D eigenvalue weighted by Crippen LogP contribution is 2.28. The molecule has 2 aliphatic rings. The molecule has 0 radical (unpaired) electrons. The molecule has 1 unspecified atom stereocenters. The van der Waals surface area contributed by atoms with Gasteiger partial charge in [0.25, 0.3) is 5.91 Å². The van der Waals surface area contributed by atoms with Gasteiger partial charge in [0.1, 0.15) is 11.5 Å². The first-order valence-corrected chi connectivity index (χ1v) is 6.86. The summed E-state index contributed by atoms with van der Waals surface area (Å²) < 4.78 is 11.4. The van der Waals surface area contributed by atoms with Crippen molar-refractivity contribution in [1.29, 1.82) is 0 Å². The zero-order valence-electron chi connectivity index (χ0n) is 11.4. The SMILES string of the molecule is CCCOC1=CC(=O)N(C2C=Cc3ccccc3O2)C1. The minimum Gasteiger partial charge on any atom is -0.496 e. The standard InChI is InChI=1S/C16H17NO3/c1-2-9-19-13-10-15(18)17(11-13)16-8-7-12-5-3-4-6-14(12)20-16/h3-8,10,16H,2,9,11H2,1H3. The molecule has 0 bridgehead atoms. The lowest BCUT2D eigenvalue weighted by Gasteiger charge is -2.29. The van der Waals surface area contributed by atoms with Crippen LogP contribution in [-0.4, -0.2) is 30.2 Å². The molecular formula is C16H17NO3. The smallest absolute Gasteiger partial charge is 0.253 e. The van der Waals surface area contributed by atoms with Crippen molar-refractivity contribution in [2.45, 2.75) is 19.6 Å². The second-order valence-corrected chi connectivity index (χ2v) is 4.83. The summed E-state index contributed by atoms with van der Waals surface area (Å²) in [6.07, 6.45) is 6.00. The maximum absolute atomic E-state index is 12.0. The second kappa shape index (κ2) is 5.41. The molecule has 0 aromatic heterocycles. The number of nitrogens with zero attached hydrogens (tertiary/aromatic N) is 1. The van der Waals surface area contributed by atoms with Crippen molar-refractivity contribution in [2.75, 3.05) is 13.2 Å². The minimum atomic E-state index is -0.364. The fraction of sp³-hybridized carbons (Fsp3) is 0.312. The van der Waals surface area contributed by atoms with Crippen molar-refractivity contribution in [3.05, 3.63) is 47.7 Å². The maximum Gasteiger partial charge on any atom is 0.253 e. The van der Waals surface area contributed by atoms with E-state index in [1.54, 1.807) is 11.0 Å². The van der Waals surface area contributed by atoms with Gasteiger partial charge in [0, 0.05) is 11.6 Å². The topological polar surface area (TPSA) is 38.8 Å². The van der Waals surface area contributed by atoms with Gasteiger partial charge in [0.2, 0.25) is 0 Å². The molecule has 1 aromatic rings. The molecule has 104 valence electrons. The third-order valence-corrected chi connectivity index (χ3v) is 3.30. The quantitative estimate of drug-likeness (QED) is 0.845. The van der Waals surface area contributed by atoms with Crippen molar-refractivity contribution in [3.63, 3.8) is 0 Å². The predicted molar refractivity (Wildman–Crippen MR) is 75.9 cm³/mol. The number of hydrogen-bond donors (Lipinski definition) is 0. The molecule has 0 saturated heterocycles. The first kappa shape index (κ1) is 12.8. The molecule has 20 heavy (non-hydrogen) atoms. The Morgan fingerprint density at radius 3 is 3.10 bits per heavy atom. The fourth-order valence-corrected chi connectivity index (χ4v) is 2.30. The van der Waals surface area contributed by atoms with Crippen molar-refractivity contribution in [2.24, 2.45) is 0 Å². The highest BCUT2D eigenvalue weighted by Gasteiger charge is 2.30. The lowest BCUT2D eigenvalue weighted by atomic mass is 10.1. The summed E-state index contributed by atoms with van der Waals surface area (Å²) in [4.78, 5) is 13.7. The Morgan fingerprint density at radius 2 is 2.25 bits per heavy atom. The first-order valence-electron chi connectivity index (χ1n) is 6.86. The van der Waals surface area contributed by atoms with Crippen LogP contribution in [0.1, 0.15) is 18.9 Å². The highest BCUT2D eigenvalue weighted by molar-refractivity contribution is 5.91. The lowest BCUT2D eigenvalue weighted by molar-refractivity contribution is -0.130. The van der Waals surface area contributed by atoms with E-state index in [-0.39, 0.29) is 12.1 Å². The molecule has 1 amide bonds. The van der Waals surface area contributed by atoms with Crippen LogP contribution in [0.15, 0.2) is 42.2 Å². The van der Waals surface area contributed by atoms with Gasteiger partial charge in [0.05, 0.1) is 13.2 Å². The minimum absolute atomic E-state index is 0.0647. The average Bonchev–Trinajstić information content (AvgIpc) is 2.85. The molecule has 0 fully saturated rings. The fourth-order valence-electron chi connectivity index (χ4n) is 2.30. The number of fused-ring (bicyclic) bond motifs is 1.